The lowest BCUT2D eigenvalue weighted by Crippen LogP contribution is -2.33. The number of aromatic nitrogens is 2. The summed E-state index contributed by atoms with van der Waals surface area (Å²) in [4.78, 5) is 35.4. The number of methoxy groups -OCH3 is 2. The van der Waals surface area contributed by atoms with E-state index in [9.17, 15) is 19.7 Å². The van der Waals surface area contributed by atoms with Crippen LogP contribution in [0.25, 0.3) is 0 Å². The second-order valence-corrected chi connectivity index (χ2v) is 6.62. The molecule has 1 heterocycles. The number of fused-ring (bicyclic) bond motifs is 1. The first kappa shape index (κ1) is 20.3. The lowest BCUT2D eigenvalue weighted by atomic mass is 9.97. The molecule has 0 fully saturated rings. The highest BCUT2D eigenvalue weighted by Gasteiger charge is 2.24. The summed E-state index contributed by atoms with van der Waals surface area (Å²) in [6.07, 6.45) is 3.79. The molecule has 1 N–H and O–H groups in total. The number of aryl methyl sites for hydroxylation is 2. The van der Waals surface area contributed by atoms with E-state index in [0.717, 1.165) is 43.0 Å². The second kappa shape index (κ2) is 8.72. The molecule has 1 aliphatic rings. The molecular formula is C19H22N4O6. The zero-order valence-corrected chi connectivity index (χ0v) is 16.3. The molecule has 1 aliphatic carbocycles. The standard InChI is InChI=1S/C19H22N4O6/c1-28-16-10-13(15(23(26)27)11-17(16)29-2)19(25)20-7-8-22-18(24)9-12-5-3-4-6-14(12)21-22/h9-11H,3-8H2,1-2H3,(H,20,25). The van der Waals surface area contributed by atoms with Crippen LogP contribution in [0.4, 0.5) is 5.69 Å². The van der Waals surface area contributed by atoms with Gasteiger partial charge >= 0.3 is 0 Å². The second-order valence-electron chi connectivity index (χ2n) is 6.62. The average molecular weight is 402 g/mol. The Kier molecular flexibility index (Phi) is 6.10. The molecule has 0 bridgehead atoms. The Bertz CT molecular complexity index is 1000. The van der Waals surface area contributed by atoms with Crippen molar-refractivity contribution >= 4 is 11.6 Å². The first-order valence-electron chi connectivity index (χ1n) is 9.23. The van der Waals surface area contributed by atoms with Crippen LogP contribution in [0.2, 0.25) is 0 Å². The highest BCUT2D eigenvalue weighted by Crippen LogP contribution is 2.34. The van der Waals surface area contributed by atoms with Crippen molar-refractivity contribution in [1.82, 2.24) is 15.1 Å². The zero-order valence-electron chi connectivity index (χ0n) is 16.3. The molecule has 0 saturated carbocycles. The van der Waals surface area contributed by atoms with Gasteiger partial charge in [0.05, 0.1) is 37.4 Å². The van der Waals surface area contributed by atoms with Crippen LogP contribution in [0.15, 0.2) is 23.0 Å². The van der Waals surface area contributed by atoms with Crippen LogP contribution in [-0.2, 0) is 19.4 Å². The first-order valence-corrected chi connectivity index (χ1v) is 9.23. The highest BCUT2D eigenvalue weighted by atomic mass is 16.6. The van der Waals surface area contributed by atoms with Gasteiger partial charge in [0.25, 0.3) is 17.2 Å². The predicted molar refractivity (Wildman–Crippen MR) is 104 cm³/mol. The fourth-order valence-corrected chi connectivity index (χ4v) is 3.33. The van der Waals surface area contributed by atoms with Gasteiger partial charge in [-0.1, -0.05) is 0 Å². The number of benzene rings is 1. The number of nitro groups is 1. The van der Waals surface area contributed by atoms with Crippen molar-refractivity contribution < 1.29 is 19.2 Å². The summed E-state index contributed by atoms with van der Waals surface area (Å²) in [6, 6.07) is 4.00. The summed E-state index contributed by atoms with van der Waals surface area (Å²) in [5.41, 5.74) is 1.12. The van der Waals surface area contributed by atoms with Gasteiger partial charge in [-0.3, -0.25) is 19.7 Å². The lowest BCUT2D eigenvalue weighted by Gasteiger charge is -2.16. The summed E-state index contributed by atoms with van der Waals surface area (Å²) < 4.78 is 11.5. The van der Waals surface area contributed by atoms with Crippen molar-refractivity contribution in [2.24, 2.45) is 0 Å². The van der Waals surface area contributed by atoms with Gasteiger partial charge in [-0.2, -0.15) is 5.10 Å². The minimum Gasteiger partial charge on any atom is -0.493 e. The molecule has 1 aromatic heterocycles. The Morgan fingerprint density at radius 3 is 2.59 bits per heavy atom. The van der Waals surface area contributed by atoms with Crippen LogP contribution < -0.4 is 20.3 Å². The summed E-state index contributed by atoms with van der Waals surface area (Å²) in [5, 5.41) is 18.3. The van der Waals surface area contributed by atoms with Crippen molar-refractivity contribution in [1.29, 1.82) is 0 Å². The molecule has 1 aromatic carbocycles. The van der Waals surface area contributed by atoms with E-state index < -0.39 is 16.5 Å². The number of nitrogens with one attached hydrogen (secondary N) is 1. The van der Waals surface area contributed by atoms with E-state index in [-0.39, 0.29) is 35.7 Å². The minimum atomic E-state index is -0.660. The largest absolute Gasteiger partial charge is 0.493 e. The monoisotopic (exact) mass is 402 g/mol. The Labute approximate surface area is 166 Å². The van der Waals surface area contributed by atoms with E-state index >= 15 is 0 Å². The third-order valence-corrected chi connectivity index (χ3v) is 4.83. The van der Waals surface area contributed by atoms with Gasteiger partial charge in [0.1, 0.15) is 5.56 Å². The number of nitrogens with zero attached hydrogens (tertiary/aromatic N) is 3. The van der Waals surface area contributed by atoms with E-state index in [4.69, 9.17) is 9.47 Å². The Hall–Kier alpha value is -3.43. The molecule has 3 rings (SSSR count). The van der Waals surface area contributed by atoms with Crippen LogP contribution in [0, 0.1) is 10.1 Å². The number of hydrogen-bond donors (Lipinski definition) is 1. The van der Waals surface area contributed by atoms with E-state index in [1.807, 2.05) is 0 Å². The molecule has 0 aliphatic heterocycles. The highest BCUT2D eigenvalue weighted by molar-refractivity contribution is 5.99. The SMILES string of the molecule is COc1cc(C(=O)NCCn2nc3c(cc2=O)CCCC3)c([N+](=O)[O-])cc1OC. The number of carbonyl (C=O) groups excluding carboxylic acids is 1. The van der Waals surface area contributed by atoms with Crippen LogP contribution in [0.1, 0.15) is 34.5 Å². The number of carbonyl (C=O) groups is 1. The number of hydrogen-bond acceptors (Lipinski definition) is 7. The molecule has 29 heavy (non-hydrogen) atoms. The molecule has 0 spiro atoms. The molecule has 0 unspecified atom stereocenters. The summed E-state index contributed by atoms with van der Waals surface area (Å²) >= 11 is 0. The van der Waals surface area contributed by atoms with Crippen molar-refractivity contribution in [3.63, 3.8) is 0 Å². The molecule has 1 amide bonds. The zero-order chi connectivity index (χ0) is 21.0. The van der Waals surface area contributed by atoms with Crippen molar-refractivity contribution in [2.75, 3.05) is 20.8 Å². The van der Waals surface area contributed by atoms with Crippen LogP contribution in [-0.4, -0.2) is 41.4 Å². The Balaban J connectivity index is 1.74. The Morgan fingerprint density at radius 1 is 1.21 bits per heavy atom. The quantitative estimate of drug-likeness (QED) is 0.549. The molecule has 2 aromatic rings. The smallest absolute Gasteiger partial charge is 0.286 e. The fraction of sp³-hybridized carbons (Fsp3) is 0.421. The molecule has 0 saturated heterocycles. The van der Waals surface area contributed by atoms with Gasteiger partial charge in [-0.15, -0.1) is 0 Å². The summed E-state index contributed by atoms with van der Waals surface area (Å²) in [5.74, 6) is -0.292. The minimum absolute atomic E-state index is 0.0933. The van der Waals surface area contributed by atoms with E-state index in [1.54, 1.807) is 6.07 Å². The van der Waals surface area contributed by atoms with E-state index in [2.05, 4.69) is 10.4 Å². The maximum Gasteiger partial charge on any atom is 0.286 e. The maximum absolute atomic E-state index is 12.5. The van der Waals surface area contributed by atoms with Gasteiger partial charge in [0.15, 0.2) is 11.5 Å². The van der Waals surface area contributed by atoms with Crippen molar-refractivity contribution in [3.05, 3.63) is 55.5 Å². The lowest BCUT2D eigenvalue weighted by molar-refractivity contribution is -0.385. The predicted octanol–water partition coefficient (Wildman–Crippen LogP) is 1.48. The molecule has 154 valence electrons. The summed E-state index contributed by atoms with van der Waals surface area (Å²) in [7, 11) is 2.73. The van der Waals surface area contributed by atoms with Crippen LogP contribution >= 0.6 is 0 Å². The van der Waals surface area contributed by atoms with E-state index in [1.165, 1.54) is 25.0 Å². The third kappa shape index (κ3) is 4.36. The van der Waals surface area contributed by atoms with Gasteiger partial charge in [-0.05, 0) is 31.2 Å². The number of amides is 1. The number of rotatable bonds is 7. The number of ether oxygens (including phenoxy) is 2. The topological polar surface area (TPSA) is 126 Å². The number of nitro benzene ring substituents is 1. The first-order chi connectivity index (χ1) is 13.9. The van der Waals surface area contributed by atoms with Gasteiger partial charge in [-0.25, -0.2) is 4.68 Å². The third-order valence-electron chi connectivity index (χ3n) is 4.83. The van der Waals surface area contributed by atoms with Crippen molar-refractivity contribution in [2.45, 2.75) is 32.2 Å². The molecule has 0 radical (unpaired) electrons. The Morgan fingerprint density at radius 2 is 1.90 bits per heavy atom. The molecule has 10 nitrogen and oxygen atoms in total. The normalized spacial score (nSPS) is 12.8. The van der Waals surface area contributed by atoms with Crippen LogP contribution in [0.5, 0.6) is 11.5 Å². The molecule has 10 heteroatoms. The molecule has 0 atom stereocenters. The van der Waals surface area contributed by atoms with Gasteiger partial charge in [0.2, 0.25) is 0 Å². The van der Waals surface area contributed by atoms with Crippen LogP contribution in [0.3, 0.4) is 0 Å². The molecular weight excluding hydrogens is 380 g/mol. The van der Waals surface area contributed by atoms with E-state index in [0.29, 0.717) is 0 Å². The van der Waals surface area contributed by atoms with Crippen molar-refractivity contribution in [3.8, 4) is 11.5 Å². The summed E-state index contributed by atoms with van der Waals surface area (Å²) in [6.45, 7) is 0.259. The van der Waals surface area contributed by atoms with Gasteiger partial charge < -0.3 is 14.8 Å². The van der Waals surface area contributed by atoms with Gasteiger partial charge in [0, 0.05) is 18.7 Å². The maximum atomic E-state index is 12.5. The fourth-order valence-electron chi connectivity index (χ4n) is 3.33. The average Bonchev–Trinajstić information content (AvgIpc) is 2.72.